The molecule has 1 heterocycles. The maximum Gasteiger partial charge on any atom is 0.123 e. The Morgan fingerprint density at radius 1 is 1.17 bits per heavy atom. The molecule has 1 aromatic carbocycles. The molecule has 0 bridgehead atoms. The second-order valence-corrected chi connectivity index (χ2v) is 4.86. The fourth-order valence-corrected chi connectivity index (χ4v) is 2.27. The van der Waals surface area contributed by atoms with E-state index in [4.69, 9.17) is 4.74 Å². The molecule has 1 unspecified atom stereocenters. The summed E-state index contributed by atoms with van der Waals surface area (Å²) in [5.74, 6) is 1.06. The third-order valence-corrected chi connectivity index (χ3v) is 3.22. The van der Waals surface area contributed by atoms with Crippen molar-refractivity contribution in [3.05, 3.63) is 29.8 Å². The molecule has 0 aliphatic carbocycles. The monoisotopic (exact) mass is 248 g/mol. The fraction of sp³-hybridized carbons (Fsp3) is 0.600. The Kier molecular flexibility index (Phi) is 5.49. The highest BCUT2D eigenvalue weighted by molar-refractivity contribution is 5.37. The Labute approximate surface area is 110 Å². The summed E-state index contributed by atoms with van der Waals surface area (Å²) in [5.41, 5.74) is 1.34. The molecule has 2 N–H and O–H groups in total. The number of para-hydroxylation sites is 1. The van der Waals surface area contributed by atoms with Gasteiger partial charge in [-0.15, -0.1) is 0 Å². The highest BCUT2D eigenvalue weighted by Gasteiger charge is 2.21. The van der Waals surface area contributed by atoms with Crippen molar-refractivity contribution in [1.82, 2.24) is 10.6 Å². The number of hydrogen-bond donors (Lipinski definition) is 2. The lowest BCUT2D eigenvalue weighted by Crippen LogP contribution is -2.32. The minimum absolute atomic E-state index is 0.311. The molecule has 3 heteroatoms. The molecule has 1 aliphatic heterocycles. The predicted molar refractivity (Wildman–Crippen MR) is 75.2 cm³/mol. The van der Waals surface area contributed by atoms with Crippen LogP contribution in [-0.4, -0.2) is 32.3 Å². The normalized spacial score (nSPS) is 17.5. The first kappa shape index (κ1) is 13.4. The highest BCUT2D eigenvalue weighted by Crippen LogP contribution is 2.27. The number of fused-ring (bicyclic) bond motifs is 1. The Balaban J connectivity index is 1.54. The van der Waals surface area contributed by atoms with Crippen LogP contribution < -0.4 is 15.4 Å². The number of ether oxygens (including phenoxy) is 1. The van der Waals surface area contributed by atoms with Gasteiger partial charge in [-0.25, -0.2) is 0 Å². The van der Waals surface area contributed by atoms with Crippen molar-refractivity contribution >= 4 is 0 Å². The summed E-state index contributed by atoms with van der Waals surface area (Å²) in [6.07, 6.45) is 3.74. The Morgan fingerprint density at radius 3 is 2.83 bits per heavy atom. The van der Waals surface area contributed by atoms with Gasteiger partial charge in [0.1, 0.15) is 11.9 Å². The van der Waals surface area contributed by atoms with E-state index in [2.05, 4.69) is 35.8 Å². The molecule has 0 aromatic heterocycles. The van der Waals surface area contributed by atoms with Crippen molar-refractivity contribution in [2.45, 2.75) is 32.3 Å². The number of benzene rings is 1. The van der Waals surface area contributed by atoms with Gasteiger partial charge in [-0.3, -0.25) is 0 Å². The third kappa shape index (κ3) is 4.00. The second kappa shape index (κ2) is 7.39. The van der Waals surface area contributed by atoms with Gasteiger partial charge in [0.15, 0.2) is 0 Å². The molecule has 100 valence electrons. The van der Waals surface area contributed by atoms with Crippen molar-refractivity contribution in [3.8, 4) is 5.75 Å². The average Bonchev–Trinajstić information content (AvgIpc) is 2.80. The van der Waals surface area contributed by atoms with Gasteiger partial charge in [0.05, 0.1) is 0 Å². The van der Waals surface area contributed by atoms with E-state index in [0.29, 0.717) is 6.10 Å². The summed E-state index contributed by atoms with van der Waals surface area (Å²) in [5, 5.41) is 6.88. The standard InChI is InChI=1S/C15H24N2O/c1-2-8-16-9-5-10-17-12-14-11-13-6-3-4-7-15(13)18-14/h3-4,6-7,14,16-17H,2,5,8-12H2,1H3. The van der Waals surface area contributed by atoms with Gasteiger partial charge in [-0.2, -0.15) is 0 Å². The molecule has 0 saturated heterocycles. The quantitative estimate of drug-likeness (QED) is 0.690. The van der Waals surface area contributed by atoms with Crippen molar-refractivity contribution < 1.29 is 4.74 Å². The van der Waals surface area contributed by atoms with Crippen LogP contribution in [0.25, 0.3) is 0 Å². The van der Waals surface area contributed by atoms with Crippen LogP contribution in [0, 0.1) is 0 Å². The topological polar surface area (TPSA) is 33.3 Å². The van der Waals surface area contributed by atoms with Crippen molar-refractivity contribution in [2.75, 3.05) is 26.2 Å². The first-order chi connectivity index (χ1) is 8.90. The fourth-order valence-electron chi connectivity index (χ4n) is 2.27. The molecule has 0 fully saturated rings. The SMILES string of the molecule is CCCNCCCNCC1Cc2ccccc2O1. The summed E-state index contributed by atoms with van der Waals surface area (Å²) in [4.78, 5) is 0. The number of nitrogens with one attached hydrogen (secondary N) is 2. The van der Waals surface area contributed by atoms with Gasteiger partial charge >= 0.3 is 0 Å². The van der Waals surface area contributed by atoms with E-state index in [1.54, 1.807) is 0 Å². The van der Waals surface area contributed by atoms with Gasteiger partial charge in [-0.05, 0) is 44.1 Å². The second-order valence-electron chi connectivity index (χ2n) is 4.86. The molecular weight excluding hydrogens is 224 g/mol. The molecule has 18 heavy (non-hydrogen) atoms. The molecule has 3 nitrogen and oxygen atoms in total. The van der Waals surface area contributed by atoms with E-state index in [-0.39, 0.29) is 0 Å². The van der Waals surface area contributed by atoms with Crippen LogP contribution in [0.5, 0.6) is 5.75 Å². The molecule has 0 radical (unpaired) electrons. The van der Waals surface area contributed by atoms with Crippen LogP contribution in [0.2, 0.25) is 0 Å². The smallest absolute Gasteiger partial charge is 0.123 e. The molecule has 2 rings (SSSR count). The first-order valence-corrected chi connectivity index (χ1v) is 7.06. The predicted octanol–water partition coefficient (Wildman–Crippen LogP) is 1.97. The summed E-state index contributed by atoms with van der Waals surface area (Å²) in [7, 11) is 0. The van der Waals surface area contributed by atoms with Gasteiger partial charge in [-0.1, -0.05) is 25.1 Å². The van der Waals surface area contributed by atoms with E-state index in [9.17, 15) is 0 Å². The molecular formula is C15H24N2O. The van der Waals surface area contributed by atoms with Gasteiger partial charge in [0.2, 0.25) is 0 Å². The van der Waals surface area contributed by atoms with Crippen LogP contribution in [0.15, 0.2) is 24.3 Å². The van der Waals surface area contributed by atoms with E-state index in [1.165, 1.54) is 18.4 Å². The lowest BCUT2D eigenvalue weighted by Gasteiger charge is -2.11. The zero-order valence-corrected chi connectivity index (χ0v) is 11.2. The molecule has 0 saturated carbocycles. The number of rotatable bonds is 8. The maximum absolute atomic E-state index is 5.87. The van der Waals surface area contributed by atoms with Crippen LogP contribution in [0.1, 0.15) is 25.3 Å². The van der Waals surface area contributed by atoms with E-state index in [1.807, 2.05) is 6.07 Å². The van der Waals surface area contributed by atoms with Crippen LogP contribution in [-0.2, 0) is 6.42 Å². The lowest BCUT2D eigenvalue weighted by molar-refractivity contribution is 0.227. The highest BCUT2D eigenvalue weighted by atomic mass is 16.5. The van der Waals surface area contributed by atoms with E-state index < -0.39 is 0 Å². The third-order valence-electron chi connectivity index (χ3n) is 3.22. The van der Waals surface area contributed by atoms with E-state index >= 15 is 0 Å². The average molecular weight is 248 g/mol. The van der Waals surface area contributed by atoms with Gasteiger partial charge in [0.25, 0.3) is 0 Å². The van der Waals surface area contributed by atoms with Crippen LogP contribution in [0.3, 0.4) is 0 Å². The van der Waals surface area contributed by atoms with E-state index in [0.717, 1.165) is 38.3 Å². The minimum atomic E-state index is 0.311. The van der Waals surface area contributed by atoms with Crippen molar-refractivity contribution in [1.29, 1.82) is 0 Å². The maximum atomic E-state index is 5.87. The summed E-state index contributed by atoms with van der Waals surface area (Å²) < 4.78 is 5.87. The Hall–Kier alpha value is -1.06. The van der Waals surface area contributed by atoms with Crippen molar-refractivity contribution in [3.63, 3.8) is 0 Å². The minimum Gasteiger partial charge on any atom is -0.488 e. The zero-order valence-electron chi connectivity index (χ0n) is 11.2. The van der Waals surface area contributed by atoms with Crippen LogP contribution >= 0.6 is 0 Å². The summed E-state index contributed by atoms with van der Waals surface area (Å²) in [6, 6.07) is 8.33. The summed E-state index contributed by atoms with van der Waals surface area (Å²) in [6.45, 7) is 6.43. The lowest BCUT2D eigenvalue weighted by atomic mass is 10.1. The summed E-state index contributed by atoms with van der Waals surface area (Å²) >= 11 is 0. The van der Waals surface area contributed by atoms with Gasteiger partial charge < -0.3 is 15.4 Å². The molecule has 0 spiro atoms. The molecule has 1 aliphatic rings. The zero-order chi connectivity index (χ0) is 12.6. The van der Waals surface area contributed by atoms with Gasteiger partial charge in [0, 0.05) is 13.0 Å². The molecule has 1 aromatic rings. The largest absolute Gasteiger partial charge is 0.488 e. The molecule has 0 amide bonds. The first-order valence-electron chi connectivity index (χ1n) is 7.06. The number of hydrogen-bond acceptors (Lipinski definition) is 3. The Morgan fingerprint density at radius 2 is 2.00 bits per heavy atom. The molecule has 1 atom stereocenters. The van der Waals surface area contributed by atoms with Crippen LogP contribution in [0.4, 0.5) is 0 Å². The van der Waals surface area contributed by atoms with Crippen molar-refractivity contribution in [2.24, 2.45) is 0 Å². The Bertz CT molecular complexity index is 329.